The number of amides is 3. The Morgan fingerprint density at radius 3 is 2.38 bits per heavy atom. The summed E-state index contributed by atoms with van der Waals surface area (Å²) in [6, 6.07) is 22.7. The van der Waals surface area contributed by atoms with Crippen molar-refractivity contribution in [3.63, 3.8) is 0 Å². The highest BCUT2D eigenvalue weighted by Crippen LogP contribution is 2.24. The van der Waals surface area contributed by atoms with Crippen molar-refractivity contribution in [3.05, 3.63) is 101 Å². The van der Waals surface area contributed by atoms with Crippen LogP contribution in [0.15, 0.2) is 78.9 Å². The number of Topliss-reactive ketones (excluding diaryl/α,β-unsaturated/α-hetero) is 1. The van der Waals surface area contributed by atoms with Gasteiger partial charge in [0, 0.05) is 31.1 Å². The molecule has 0 bridgehead atoms. The molecule has 3 aromatic rings. The summed E-state index contributed by atoms with van der Waals surface area (Å²) in [5.74, 6) is -1.04. The number of benzene rings is 3. The second-order valence-electron chi connectivity index (χ2n) is 12.6. The first kappa shape index (κ1) is 36.7. The fraction of sp³-hybridized carbons (Fsp3) is 0.421. The van der Waals surface area contributed by atoms with Gasteiger partial charge in [-0.2, -0.15) is 12.6 Å². The van der Waals surface area contributed by atoms with Crippen molar-refractivity contribution < 1.29 is 28.3 Å². The summed E-state index contributed by atoms with van der Waals surface area (Å²) in [7, 11) is 0. The first-order valence-electron chi connectivity index (χ1n) is 16.6. The van der Waals surface area contributed by atoms with Gasteiger partial charge in [-0.05, 0) is 74.3 Å². The van der Waals surface area contributed by atoms with Gasteiger partial charge in [0.15, 0.2) is 5.78 Å². The predicted octanol–water partition coefficient (Wildman–Crippen LogP) is 5.33. The van der Waals surface area contributed by atoms with Crippen molar-refractivity contribution in [1.29, 1.82) is 0 Å². The predicted molar refractivity (Wildman–Crippen MR) is 187 cm³/mol. The van der Waals surface area contributed by atoms with Crippen LogP contribution in [0.5, 0.6) is 5.75 Å². The van der Waals surface area contributed by atoms with Gasteiger partial charge in [-0.25, -0.2) is 4.39 Å². The van der Waals surface area contributed by atoms with Crippen LogP contribution < -0.4 is 15.4 Å². The van der Waals surface area contributed by atoms with Crippen LogP contribution in [-0.2, 0) is 38.6 Å². The SMILES string of the molecule is CC(=O)[C@@H](NC(=O)Cc1ccccc1)C(S)C(=O)N1CCCC(CCOc2ccc(F)c(CNC(=O)[C@@H](C)CCc3ccccc3)c2)C1. The minimum absolute atomic E-state index is 0.0656. The van der Waals surface area contributed by atoms with Crippen molar-refractivity contribution in [3.8, 4) is 5.75 Å². The molecular formula is C38H46FN3O5S. The highest BCUT2D eigenvalue weighted by molar-refractivity contribution is 7.82. The third-order valence-corrected chi connectivity index (χ3v) is 9.30. The number of halogens is 1. The molecule has 0 spiro atoms. The highest BCUT2D eigenvalue weighted by Gasteiger charge is 2.35. The Balaban J connectivity index is 1.22. The van der Waals surface area contributed by atoms with Crippen LogP contribution in [0.4, 0.5) is 4.39 Å². The molecule has 10 heteroatoms. The van der Waals surface area contributed by atoms with E-state index in [1.165, 1.54) is 18.6 Å². The Bertz CT molecular complexity index is 1520. The molecule has 0 aromatic heterocycles. The lowest BCUT2D eigenvalue weighted by atomic mass is 9.94. The van der Waals surface area contributed by atoms with E-state index in [0.717, 1.165) is 24.8 Å². The standard InChI is InChI=1S/C38H46FN3O5S/c1-26(15-16-28-10-5-3-6-11-28)37(45)40-24-31-23-32(17-18-33(31)39)47-21-19-30-14-9-20-42(25-30)38(46)36(48)35(27(2)43)41-34(44)22-29-12-7-4-8-13-29/h3-8,10-13,17-18,23,26,30,35-36,48H,9,14-16,19-22,24-25H2,1-2H3,(H,40,45)(H,41,44)/t26-,30?,35+,36?/m0/s1. The molecule has 0 aliphatic carbocycles. The van der Waals surface area contributed by atoms with Crippen molar-refractivity contribution >= 4 is 36.1 Å². The Labute approximate surface area is 288 Å². The van der Waals surface area contributed by atoms with Crippen LogP contribution in [0.1, 0.15) is 56.2 Å². The molecular weight excluding hydrogens is 629 g/mol. The zero-order chi connectivity index (χ0) is 34.5. The van der Waals surface area contributed by atoms with Gasteiger partial charge in [-0.3, -0.25) is 19.2 Å². The molecule has 256 valence electrons. The highest BCUT2D eigenvalue weighted by atomic mass is 32.1. The maximum atomic E-state index is 14.6. The van der Waals surface area contributed by atoms with E-state index in [-0.39, 0.29) is 48.3 Å². The maximum Gasteiger partial charge on any atom is 0.238 e. The summed E-state index contributed by atoms with van der Waals surface area (Å²) in [6.07, 6.45) is 3.98. The average Bonchev–Trinajstić information content (AvgIpc) is 3.09. The Hall–Kier alpha value is -4.18. The number of rotatable bonds is 16. The maximum absolute atomic E-state index is 14.6. The van der Waals surface area contributed by atoms with E-state index in [4.69, 9.17) is 4.74 Å². The molecule has 1 aliphatic rings. The molecule has 4 atom stereocenters. The van der Waals surface area contributed by atoms with Crippen molar-refractivity contribution in [2.45, 2.75) is 70.2 Å². The molecule has 0 radical (unpaired) electrons. The number of nitrogens with one attached hydrogen (secondary N) is 2. The first-order chi connectivity index (χ1) is 23.1. The van der Waals surface area contributed by atoms with Gasteiger partial charge in [0.1, 0.15) is 22.9 Å². The number of nitrogens with zero attached hydrogens (tertiary/aromatic N) is 1. The summed E-state index contributed by atoms with van der Waals surface area (Å²) < 4.78 is 20.5. The van der Waals surface area contributed by atoms with Crippen LogP contribution in [0.25, 0.3) is 0 Å². The van der Waals surface area contributed by atoms with E-state index in [1.54, 1.807) is 17.0 Å². The van der Waals surface area contributed by atoms with E-state index >= 15 is 0 Å². The third-order valence-electron chi connectivity index (χ3n) is 8.78. The van der Waals surface area contributed by atoms with Gasteiger partial charge in [0.2, 0.25) is 17.7 Å². The summed E-state index contributed by atoms with van der Waals surface area (Å²) in [5.41, 5.74) is 2.33. The molecule has 1 heterocycles. The van der Waals surface area contributed by atoms with Crippen LogP contribution in [0.3, 0.4) is 0 Å². The molecule has 48 heavy (non-hydrogen) atoms. The molecule has 2 N–H and O–H groups in total. The van der Waals surface area contributed by atoms with E-state index in [1.807, 2.05) is 67.6 Å². The molecule has 3 aromatic carbocycles. The Morgan fingerprint density at radius 1 is 1.00 bits per heavy atom. The minimum Gasteiger partial charge on any atom is -0.494 e. The van der Waals surface area contributed by atoms with E-state index < -0.39 is 17.1 Å². The average molecular weight is 676 g/mol. The topological polar surface area (TPSA) is 105 Å². The lowest BCUT2D eigenvalue weighted by Gasteiger charge is -2.35. The number of ether oxygens (including phenoxy) is 1. The summed E-state index contributed by atoms with van der Waals surface area (Å²) in [6.45, 7) is 4.70. The Kier molecular flexibility index (Phi) is 14.0. The van der Waals surface area contributed by atoms with E-state index in [2.05, 4.69) is 23.3 Å². The summed E-state index contributed by atoms with van der Waals surface area (Å²) in [4.78, 5) is 52.8. The number of carbonyl (C=O) groups is 4. The number of hydrogen-bond donors (Lipinski definition) is 3. The minimum atomic E-state index is -1.03. The normalized spacial score (nSPS) is 16.3. The van der Waals surface area contributed by atoms with Crippen LogP contribution in [0, 0.1) is 17.7 Å². The fourth-order valence-electron chi connectivity index (χ4n) is 5.87. The summed E-state index contributed by atoms with van der Waals surface area (Å²) >= 11 is 4.49. The number of piperidine rings is 1. The smallest absolute Gasteiger partial charge is 0.238 e. The molecule has 1 saturated heterocycles. The molecule has 2 unspecified atom stereocenters. The monoisotopic (exact) mass is 675 g/mol. The number of carbonyl (C=O) groups excluding carboxylic acids is 4. The number of ketones is 1. The quantitative estimate of drug-likeness (QED) is 0.178. The molecule has 3 amide bonds. The zero-order valence-corrected chi connectivity index (χ0v) is 28.6. The van der Waals surface area contributed by atoms with Gasteiger partial charge >= 0.3 is 0 Å². The zero-order valence-electron chi connectivity index (χ0n) is 27.7. The second-order valence-corrected chi connectivity index (χ2v) is 13.1. The second kappa shape index (κ2) is 18.4. The van der Waals surface area contributed by atoms with Crippen molar-refractivity contribution in [2.24, 2.45) is 11.8 Å². The molecule has 1 fully saturated rings. The molecule has 1 aliphatic heterocycles. The number of thiol groups is 1. The van der Waals surface area contributed by atoms with Gasteiger partial charge in [-0.15, -0.1) is 0 Å². The van der Waals surface area contributed by atoms with Gasteiger partial charge in [0.05, 0.1) is 13.0 Å². The van der Waals surface area contributed by atoms with Crippen LogP contribution >= 0.6 is 12.6 Å². The van der Waals surface area contributed by atoms with Crippen LogP contribution in [-0.4, -0.2) is 59.4 Å². The van der Waals surface area contributed by atoms with E-state index in [9.17, 15) is 23.6 Å². The van der Waals surface area contributed by atoms with Gasteiger partial charge < -0.3 is 20.3 Å². The third kappa shape index (κ3) is 11.2. The lowest BCUT2D eigenvalue weighted by molar-refractivity contribution is -0.135. The number of likely N-dealkylation sites (tertiary alicyclic amines) is 1. The molecule has 8 nitrogen and oxygen atoms in total. The number of hydrogen-bond acceptors (Lipinski definition) is 6. The first-order valence-corrected chi connectivity index (χ1v) is 17.2. The van der Waals surface area contributed by atoms with Crippen molar-refractivity contribution in [2.75, 3.05) is 19.7 Å². The van der Waals surface area contributed by atoms with E-state index in [0.29, 0.717) is 43.9 Å². The molecule has 4 rings (SSSR count). The number of aryl methyl sites for hydroxylation is 1. The Morgan fingerprint density at radius 2 is 1.69 bits per heavy atom. The fourth-order valence-corrected chi connectivity index (χ4v) is 6.32. The summed E-state index contributed by atoms with van der Waals surface area (Å²) in [5, 5.41) is 4.56. The van der Waals surface area contributed by atoms with Crippen LogP contribution in [0.2, 0.25) is 0 Å². The lowest BCUT2D eigenvalue weighted by Crippen LogP contribution is -2.54. The molecule has 0 saturated carbocycles. The van der Waals surface area contributed by atoms with Gasteiger partial charge in [0.25, 0.3) is 0 Å². The largest absolute Gasteiger partial charge is 0.494 e. The van der Waals surface area contributed by atoms with Gasteiger partial charge in [-0.1, -0.05) is 67.6 Å². The van der Waals surface area contributed by atoms with Crippen molar-refractivity contribution in [1.82, 2.24) is 15.5 Å².